The Kier molecular flexibility index (Phi) is 8.21. The van der Waals surface area contributed by atoms with E-state index >= 15 is 8.78 Å². The highest BCUT2D eigenvalue weighted by Crippen LogP contribution is 2.38. The topological polar surface area (TPSA) is 139 Å². The van der Waals surface area contributed by atoms with E-state index in [1.54, 1.807) is 29.0 Å². The molecule has 0 radical (unpaired) electrons. The molecular weight excluding hydrogens is 606 g/mol. The first kappa shape index (κ1) is 31.7. The summed E-state index contributed by atoms with van der Waals surface area (Å²) >= 11 is 0. The molecule has 0 aliphatic carbocycles. The van der Waals surface area contributed by atoms with Crippen LogP contribution in [0.4, 0.5) is 14.6 Å². The van der Waals surface area contributed by atoms with Gasteiger partial charge >= 0.3 is 5.69 Å². The van der Waals surface area contributed by atoms with E-state index in [1.165, 1.54) is 10.6 Å². The predicted octanol–water partition coefficient (Wildman–Crippen LogP) is 3.88. The van der Waals surface area contributed by atoms with Crippen LogP contribution in [0.25, 0.3) is 28.0 Å². The second kappa shape index (κ2) is 11.7. The molecule has 1 aliphatic rings. The molecule has 1 fully saturated rings. The Hall–Kier alpha value is -4.72. The molecule has 0 bridgehead atoms. The third-order valence-corrected chi connectivity index (χ3v) is 8.95. The molecule has 11 nitrogen and oxygen atoms in total. The second-order valence-corrected chi connectivity index (χ2v) is 13.3. The third kappa shape index (κ3) is 5.54. The SMILES string of the molecule is C=CC(=O)N1CCN(c2nc(=O)n(-c3c(C)ccnc3C(C)C)c3nc(-c4c(O)ccc(S(C)(=O)=O)c4F)c(F)cc23)[C@@H](C)C1. The van der Waals surface area contributed by atoms with Gasteiger partial charge < -0.3 is 14.9 Å². The van der Waals surface area contributed by atoms with Crippen molar-refractivity contribution in [2.24, 2.45) is 0 Å². The van der Waals surface area contributed by atoms with Crippen molar-refractivity contribution in [3.8, 4) is 22.7 Å². The van der Waals surface area contributed by atoms with Crippen LogP contribution in [0.1, 0.15) is 37.9 Å². The quantitative estimate of drug-likeness (QED) is 0.312. The summed E-state index contributed by atoms with van der Waals surface area (Å²) in [5.74, 6) is -3.53. The van der Waals surface area contributed by atoms with Crippen molar-refractivity contribution < 1.29 is 27.1 Å². The molecule has 1 amide bonds. The zero-order valence-corrected chi connectivity index (χ0v) is 26.2. The standard InChI is InChI=1S/C31H32F2N6O5S/c1-7-23(41)37-12-13-38(18(5)15-37)29-19-14-20(32)27(24-21(40)8-9-22(25(24)33)45(6,43)44)35-30(19)39(31(42)36-29)28-17(4)10-11-34-26(28)16(2)3/h7-11,14,16,18,40H,1,12-13,15H2,2-6H3/t18-/m0/s1. The monoisotopic (exact) mass is 638 g/mol. The Morgan fingerprint density at radius 2 is 1.89 bits per heavy atom. The number of aromatic nitrogens is 4. The Labute approximate surface area is 258 Å². The lowest BCUT2D eigenvalue weighted by molar-refractivity contribution is -0.126. The molecule has 45 heavy (non-hydrogen) atoms. The first-order valence-electron chi connectivity index (χ1n) is 14.1. The van der Waals surface area contributed by atoms with E-state index in [1.807, 2.05) is 20.8 Å². The molecule has 14 heteroatoms. The molecule has 1 aliphatic heterocycles. The third-order valence-electron chi connectivity index (χ3n) is 7.83. The first-order valence-corrected chi connectivity index (χ1v) is 16.0. The molecule has 1 atom stereocenters. The molecular formula is C31H32F2N6O5S. The summed E-state index contributed by atoms with van der Waals surface area (Å²) in [5, 5.41) is 10.7. The summed E-state index contributed by atoms with van der Waals surface area (Å²) in [6.07, 6.45) is 3.60. The van der Waals surface area contributed by atoms with Crippen LogP contribution in [-0.2, 0) is 14.6 Å². The Morgan fingerprint density at radius 3 is 2.51 bits per heavy atom. The van der Waals surface area contributed by atoms with E-state index in [2.05, 4.69) is 21.5 Å². The van der Waals surface area contributed by atoms with E-state index in [-0.39, 0.29) is 54.4 Å². The van der Waals surface area contributed by atoms with Gasteiger partial charge in [-0.1, -0.05) is 20.4 Å². The molecule has 1 aromatic carbocycles. The van der Waals surface area contributed by atoms with Crippen LogP contribution in [0.2, 0.25) is 0 Å². The van der Waals surface area contributed by atoms with E-state index in [4.69, 9.17) is 0 Å². The number of carbonyl (C=O) groups is 1. The van der Waals surface area contributed by atoms with E-state index in [0.29, 0.717) is 16.9 Å². The maximum atomic E-state index is 16.1. The number of anilines is 1. The zero-order valence-electron chi connectivity index (χ0n) is 25.4. The number of halogens is 2. The fraction of sp³-hybridized carbons (Fsp3) is 0.323. The minimum atomic E-state index is -4.11. The largest absolute Gasteiger partial charge is 0.507 e. The lowest BCUT2D eigenvalue weighted by Gasteiger charge is -2.40. The number of fused-ring (bicyclic) bond motifs is 1. The lowest BCUT2D eigenvalue weighted by Crippen LogP contribution is -2.54. The zero-order chi connectivity index (χ0) is 33.0. The summed E-state index contributed by atoms with van der Waals surface area (Å²) in [4.78, 5) is 42.1. The van der Waals surface area contributed by atoms with Gasteiger partial charge in [-0.25, -0.2) is 31.5 Å². The fourth-order valence-corrected chi connectivity index (χ4v) is 6.39. The lowest BCUT2D eigenvalue weighted by atomic mass is 10.0. The molecule has 0 saturated carbocycles. The van der Waals surface area contributed by atoms with E-state index in [0.717, 1.165) is 24.5 Å². The van der Waals surface area contributed by atoms with Crippen molar-refractivity contribution in [3.63, 3.8) is 0 Å². The predicted molar refractivity (Wildman–Crippen MR) is 165 cm³/mol. The normalized spacial score (nSPS) is 15.6. The van der Waals surface area contributed by atoms with Crippen LogP contribution in [0, 0.1) is 18.6 Å². The molecule has 0 spiro atoms. The Morgan fingerprint density at radius 1 is 1.18 bits per heavy atom. The number of pyridine rings is 2. The van der Waals surface area contributed by atoms with Crippen molar-refractivity contribution in [2.75, 3.05) is 30.8 Å². The average molecular weight is 639 g/mol. The van der Waals surface area contributed by atoms with Crippen LogP contribution < -0.4 is 10.6 Å². The number of sulfone groups is 1. The maximum Gasteiger partial charge on any atom is 0.355 e. The van der Waals surface area contributed by atoms with Gasteiger partial charge in [0.05, 0.1) is 22.3 Å². The summed E-state index contributed by atoms with van der Waals surface area (Å²) in [7, 11) is -4.11. The van der Waals surface area contributed by atoms with Crippen molar-refractivity contribution in [1.29, 1.82) is 0 Å². The van der Waals surface area contributed by atoms with Gasteiger partial charge in [0.15, 0.2) is 27.1 Å². The van der Waals surface area contributed by atoms with Gasteiger partial charge in [0.2, 0.25) is 5.91 Å². The highest BCUT2D eigenvalue weighted by molar-refractivity contribution is 7.90. The Balaban J connectivity index is 1.87. The number of phenolic OH excluding ortho intramolecular Hbond substituents is 1. The molecule has 3 aromatic heterocycles. The van der Waals surface area contributed by atoms with Crippen molar-refractivity contribution >= 4 is 32.6 Å². The summed E-state index contributed by atoms with van der Waals surface area (Å²) in [5.41, 5.74) is -0.833. The minimum absolute atomic E-state index is 0.100. The number of phenols is 1. The van der Waals surface area contributed by atoms with Gasteiger partial charge in [0, 0.05) is 38.1 Å². The maximum absolute atomic E-state index is 16.1. The van der Waals surface area contributed by atoms with Gasteiger partial charge in [-0.3, -0.25) is 9.78 Å². The first-order chi connectivity index (χ1) is 21.1. The number of aryl methyl sites for hydroxylation is 1. The van der Waals surface area contributed by atoms with Crippen LogP contribution in [0.3, 0.4) is 0 Å². The van der Waals surface area contributed by atoms with Gasteiger partial charge in [-0.15, -0.1) is 0 Å². The molecule has 4 aromatic rings. The number of benzene rings is 1. The second-order valence-electron chi connectivity index (χ2n) is 11.3. The van der Waals surface area contributed by atoms with Crippen molar-refractivity contribution in [1.82, 2.24) is 24.4 Å². The number of aromatic hydroxyl groups is 1. The summed E-state index contributed by atoms with van der Waals surface area (Å²) < 4.78 is 57.5. The molecule has 0 unspecified atom stereocenters. The van der Waals surface area contributed by atoms with Crippen LogP contribution in [0.15, 0.2) is 52.8 Å². The minimum Gasteiger partial charge on any atom is -0.507 e. The van der Waals surface area contributed by atoms with E-state index < -0.39 is 49.1 Å². The van der Waals surface area contributed by atoms with Crippen LogP contribution in [-0.4, -0.2) is 75.8 Å². The van der Waals surface area contributed by atoms with Gasteiger partial charge in [-0.2, -0.15) is 4.98 Å². The molecule has 4 heterocycles. The van der Waals surface area contributed by atoms with Gasteiger partial charge in [0.25, 0.3) is 0 Å². The average Bonchev–Trinajstić information content (AvgIpc) is 2.96. The highest BCUT2D eigenvalue weighted by atomic mass is 32.2. The molecule has 5 rings (SSSR count). The smallest absolute Gasteiger partial charge is 0.355 e. The number of carbonyl (C=O) groups excluding carboxylic acids is 1. The number of nitrogens with zero attached hydrogens (tertiary/aromatic N) is 6. The van der Waals surface area contributed by atoms with Crippen LogP contribution >= 0.6 is 0 Å². The van der Waals surface area contributed by atoms with Crippen LogP contribution in [0.5, 0.6) is 5.75 Å². The number of amides is 1. The summed E-state index contributed by atoms with van der Waals surface area (Å²) in [6.45, 7) is 11.7. The fourth-order valence-electron chi connectivity index (χ4n) is 5.65. The van der Waals surface area contributed by atoms with E-state index in [9.17, 15) is 23.1 Å². The summed E-state index contributed by atoms with van der Waals surface area (Å²) in [6, 6.07) is 4.20. The molecule has 236 valence electrons. The number of hydrogen-bond donors (Lipinski definition) is 1. The number of piperazine rings is 1. The van der Waals surface area contributed by atoms with Gasteiger partial charge in [0.1, 0.15) is 22.2 Å². The van der Waals surface area contributed by atoms with Gasteiger partial charge in [-0.05, 0) is 55.7 Å². The number of hydrogen-bond acceptors (Lipinski definition) is 9. The molecule has 1 N–H and O–H groups in total. The van der Waals surface area contributed by atoms with Crippen molar-refractivity contribution in [3.05, 3.63) is 76.5 Å². The molecule has 1 saturated heterocycles. The number of rotatable bonds is 6. The van der Waals surface area contributed by atoms with Crippen molar-refractivity contribution in [2.45, 2.75) is 44.6 Å². The highest BCUT2D eigenvalue weighted by Gasteiger charge is 2.32. The Bertz CT molecular complexity index is 2050.